The molecule has 1 amide bonds. The van der Waals surface area contributed by atoms with E-state index in [2.05, 4.69) is 27.2 Å². The van der Waals surface area contributed by atoms with Crippen LogP contribution >= 0.6 is 11.3 Å². The van der Waals surface area contributed by atoms with Gasteiger partial charge >= 0.3 is 0 Å². The van der Waals surface area contributed by atoms with Crippen LogP contribution in [-0.4, -0.2) is 27.2 Å². The Hall–Kier alpha value is -2.17. The van der Waals surface area contributed by atoms with Crippen molar-refractivity contribution in [3.63, 3.8) is 0 Å². The molecule has 0 atom stereocenters. The van der Waals surface area contributed by atoms with Crippen molar-refractivity contribution in [1.29, 1.82) is 0 Å². The first-order valence-corrected chi connectivity index (χ1v) is 6.84. The molecule has 0 bridgehead atoms. The van der Waals surface area contributed by atoms with Gasteiger partial charge < -0.3 is 11.1 Å². The van der Waals surface area contributed by atoms with Crippen molar-refractivity contribution >= 4 is 17.2 Å². The summed E-state index contributed by atoms with van der Waals surface area (Å²) >= 11 is 1.36. The van der Waals surface area contributed by atoms with Crippen molar-refractivity contribution in [3.05, 3.63) is 33.5 Å². The zero-order valence-corrected chi connectivity index (χ0v) is 12.1. The summed E-state index contributed by atoms with van der Waals surface area (Å²) < 4.78 is 1.59. The first-order valence-electron chi connectivity index (χ1n) is 6.02. The predicted molar refractivity (Wildman–Crippen MR) is 77.2 cm³/mol. The average molecular weight is 289 g/mol. The minimum atomic E-state index is -0.147. The molecule has 0 aliphatic rings. The molecule has 0 aromatic carbocycles. The highest BCUT2D eigenvalue weighted by molar-refractivity contribution is 7.14. The number of carbonyl (C=O) groups is 1. The van der Waals surface area contributed by atoms with E-state index in [4.69, 9.17) is 5.73 Å². The molecule has 6 nitrogen and oxygen atoms in total. The van der Waals surface area contributed by atoms with Crippen molar-refractivity contribution in [3.8, 4) is 11.8 Å². The molecular weight excluding hydrogens is 274 g/mol. The molecule has 2 heterocycles. The number of nitrogens with one attached hydrogen (secondary N) is 1. The number of aromatic nitrogens is 3. The molecule has 0 aliphatic carbocycles. The van der Waals surface area contributed by atoms with Crippen molar-refractivity contribution in [2.45, 2.75) is 13.5 Å². The van der Waals surface area contributed by atoms with Gasteiger partial charge in [-0.1, -0.05) is 11.8 Å². The van der Waals surface area contributed by atoms with Crippen molar-refractivity contribution in [2.24, 2.45) is 12.8 Å². The van der Waals surface area contributed by atoms with E-state index < -0.39 is 0 Å². The van der Waals surface area contributed by atoms with E-state index >= 15 is 0 Å². The van der Waals surface area contributed by atoms with Gasteiger partial charge in [0.15, 0.2) is 5.82 Å². The molecular formula is C13H15N5OS. The van der Waals surface area contributed by atoms with Crippen molar-refractivity contribution in [2.75, 3.05) is 6.54 Å². The van der Waals surface area contributed by atoms with Crippen LogP contribution in [0.3, 0.4) is 0 Å². The van der Waals surface area contributed by atoms with Gasteiger partial charge in [-0.25, -0.2) is 4.98 Å². The SMILES string of the molecule is Cc1cc(C(=O)NCc2ncn(C)n2)sc1C#CCN. The van der Waals surface area contributed by atoms with E-state index in [0.29, 0.717) is 23.8 Å². The van der Waals surface area contributed by atoms with Crippen LogP contribution in [0, 0.1) is 18.8 Å². The van der Waals surface area contributed by atoms with Gasteiger partial charge in [0.25, 0.3) is 5.91 Å². The maximum Gasteiger partial charge on any atom is 0.261 e. The number of aryl methyl sites for hydroxylation is 2. The third-order valence-corrected chi connectivity index (χ3v) is 3.65. The number of hydrogen-bond donors (Lipinski definition) is 2. The first kappa shape index (κ1) is 14.2. The molecule has 2 rings (SSSR count). The summed E-state index contributed by atoms with van der Waals surface area (Å²) in [5.74, 6) is 6.19. The summed E-state index contributed by atoms with van der Waals surface area (Å²) in [7, 11) is 1.78. The second-order valence-electron chi connectivity index (χ2n) is 4.15. The summed E-state index contributed by atoms with van der Waals surface area (Å²) in [6, 6.07) is 1.83. The molecule has 0 aliphatic heterocycles. The van der Waals surface area contributed by atoms with Crippen molar-refractivity contribution in [1.82, 2.24) is 20.1 Å². The van der Waals surface area contributed by atoms with Crippen LogP contribution < -0.4 is 11.1 Å². The normalized spacial score (nSPS) is 9.95. The summed E-state index contributed by atoms with van der Waals surface area (Å²) in [6.45, 7) is 2.54. The Balaban J connectivity index is 2.02. The zero-order chi connectivity index (χ0) is 14.5. The van der Waals surface area contributed by atoms with Gasteiger partial charge in [0.05, 0.1) is 22.8 Å². The second kappa shape index (κ2) is 6.32. The summed E-state index contributed by atoms with van der Waals surface area (Å²) in [4.78, 5) is 17.6. The lowest BCUT2D eigenvalue weighted by Crippen LogP contribution is -2.22. The van der Waals surface area contributed by atoms with Gasteiger partial charge in [0.1, 0.15) is 6.33 Å². The third-order valence-electron chi connectivity index (χ3n) is 2.50. The van der Waals surface area contributed by atoms with Crippen LogP contribution in [0.4, 0.5) is 0 Å². The lowest BCUT2D eigenvalue weighted by molar-refractivity contribution is 0.0954. The molecule has 0 saturated heterocycles. The molecule has 2 aromatic rings. The van der Waals surface area contributed by atoms with Crippen LogP contribution in [0.15, 0.2) is 12.4 Å². The molecule has 2 aromatic heterocycles. The van der Waals surface area contributed by atoms with Gasteiger partial charge in [0, 0.05) is 7.05 Å². The van der Waals surface area contributed by atoms with Crippen molar-refractivity contribution < 1.29 is 4.79 Å². The highest BCUT2D eigenvalue weighted by atomic mass is 32.1. The van der Waals surface area contributed by atoms with Gasteiger partial charge in [0.2, 0.25) is 0 Å². The third kappa shape index (κ3) is 3.44. The molecule has 0 radical (unpaired) electrons. The fraction of sp³-hybridized carbons (Fsp3) is 0.308. The monoisotopic (exact) mass is 289 g/mol. The van der Waals surface area contributed by atoms with Gasteiger partial charge in [-0.15, -0.1) is 11.3 Å². The van der Waals surface area contributed by atoms with Gasteiger partial charge in [-0.05, 0) is 18.6 Å². The van der Waals surface area contributed by atoms with Gasteiger partial charge in [-0.3, -0.25) is 9.48 Å². The fourth-order valence-electron chi connectivity index (χ4n) is 1.56. The smallest absolute Gasteiger partial charge is 0.261 e. The number of hydrogen-bond acceptors (Lipinski definition) is 5. The van der Waals surface area contributed by atoms with E-state index in [0.717, 1.165) is 10.4 Å². The van der Waals surface area contributed by atoms with Crippen LogP contribution in [0.25, 0.3) is 0 Å². The Morgan fingerprint density at radius 1 is 1.60 bits per heavy atom. The quantitative estimate of drug-likeness (QED) is 0.802. The first-order chi connectivity index (χ1) is 9.60. The van der Waals surface area contributed by atoms with E-state index in [1.54, 1.807) is 18.1 Å². The molecule has 0 unspecified atom stereocenters. The van der Waals surface area contributed by atoms with Crippen LogP contribution in [-0.2, 0) is 13.6 Å². The minimum Gasteiger partial charge on any atom is -0.344 e. The lowest BCUT2D eigenvalue weighted by Gasteiger charge is -1.99. The number of nitrogens with two attached hydrogens (primary N) is 1. The van der Waals surface area contributed by atoms with E-state index in [1.807, 2.05) is 13.0 Å². The Morgan fingerprint density at radius 2 is 2.40 bits per heavy atom. The standard InChI is InChI=1S/C13H15N5OS/c1-9-6-11(20-10(9)4-3-5-14)13(19)15-7-12-16-8-18(2)17-12/h6,8H,5,7,14H2,1-2H3,(H,15,19). The van der Waals surface area contributed by atoms with Crippen LogP contribution in [0.1, 0.15) is 25.9 Å². The molecule has 0 fully saturated rings. The van der Waals surface area contributed by atoms with E-state index in [9.17, 15) is 4.79 Å². The lowest BCUT2D eigenvalue weighted by atomic mass is 10.2. The molecule has 0 spiro atoms. The summed E-state index contributed by atoms with van der Waals surface area (Å²) in [5, 5.41) is 6.88. The Labute approximate surface area is 121 Å². The molecule has 0 saturated carbocycles. The topological polar surface area (TPSA) is 85.8 Å². The Kier molecular flexibility index (Phi) is 4.50. The predicted octanol–water partition coefficient (Wildman–Crippen LogP) is 0.425. The summed E-state index contributed by atoms with van der Waals surface area (Å²) in [5.41, 5.74) is 6.33. The zero-order valence-electron chi connectivity index (χ0n) is 11.3. The maximum absolute atomic E-state index is 12.0. The number of nitrogens with zero attached hydrogens (tertiary/aromatic N) is 3. The number of rotatable bonds is 3. The Morgan fingerprint density at radius 3 is 3.05 bits per heavy atom. The van der Waals surface area contributed by atoms with E-state index in [1.165, 1.54) is 11.3 Å². The minimum absolute atomic E-state index is 0.147. The van der Waals surface area contributed by atoms with Gasteiger partial charge in [-0.2, -0.15) is 5.10 Å². The largest absolute Gasteiger partial charge is 0.344 e. The Bertz CT molecular complexity index is 676. The van der Waals surface area contributed by atoms with E-state index in [-0.39, 0.29) is 5.91 Å². The number of thiophene rings is 1. The summed E-state index contributed by atoms with van der Waals surface area (Å²) in [6.07, 6.45) is 1.59. The fourth-order valence-corrected chi connectivity index (χ4v) is 2.52. The molecule has 3 N–H and O–H groups in total. The molecule has 20 heavy (non-hydrogen) atoms. The number of amides is 1. The average Bonchev–Trinajstić information content (AvgIpc) is 3.00. The highest BCUT2D eigenvalue weighted by Crippen LogP contribution is 2.20. The molecule has 7 heteroatoms. The highest BCUT2D eigenvalue weighted by Gasteiger charge is 2.12. The van der Waals surface area contributed by atoms with Crippen LogP contribution in [0.5, 0.6) is 0 Å². The second-order valence-corrected chi connectivity index (χ2v) is 5.20. The van der Waals surface area contributed by atoms with Crippen LogP contribution in [0.2, 0.25) is 0 Å². The molecule has 104 valence electrons. The number of carbonyl (C=O) groups excluding carboxylic acids is 1. The maximum atomic E-state index is 12.0.